The van der Waals surface area contributed by atoms with Gasteiger partial charge < -0.3 is 14.3 Å². The number of hydrazine groups is 1. The third-order valence-electron chi connectivity index (χ3n) is 4.47. The van der Waals surface area contributed by atoms with Gasteiger partial charge in [0.05, 0.1) is 17.5 Å². The number of hydrogen-bond donors (Lipinski definition) is 3. The van der Waals surface area contributed by atoms with Gasteiger partial charge in [-0.15, -0.1) is 0 Å². The summed E-state index contributed by atoms with van der Waals surface area (Å²) in [6.07, 6.45) is 5.07. The van der Waals surface area contributed by atoms with E-state index < -0.39 is 17.7 Å². The predicted octanol–water partition coefficient (Wildman–Crippen LogP) is 3.40. The van der Waals surface area contributed by atoms with Crippen molar-refractivity contribution in [2.24, 2.45) is 0 Å². The zero-order chi connectivity index (χ0) is 21.6. The number of rotatable bonds is 5. The van der Waals surface area contributed by atoms with E-state index in [9.17, 15) is 14.4 Å². The van der Waals surface area contributed by atoms with E-state index in [2.05, 4.69) is 16.2 Å². The Morgan fingerprint density at radius 2 is 1.42 bits per heavy atom. The van der Waals surface area contributed by atoms with Crippen LogP contribution in [-0.2, 0) is 0 Å². The molecule has 3 amide bonds. The SMILES string of the molecule is O=C(NNC(=O)c1ccccc1-n1cccc1)c1ccc(NC(=O)c2ccco2)cc1. The average molecular weight is 414 g/mol. The predicted molar refractivity (Wildman–Crippen MR) is 114 cm³/mol. The first-order valence-corrected chi connectivity index (χ1v) is 9.40. The van der Waals surface area contributed by atoms with Gasteiger partial charge in [-0.25, -0.2) is 0 Å². The van der Waals surface area contributed by atoms with E-state index in [1.807, 2.05) is 41.2 Å². The molecule has 0 spiro atoms. The van der Waals surface area contributed by atoms with E-state index in [0.29, 0.717) is 22.5 Å². The van der Waals surface area contributed by atoms with Crippen molar-refractivity contribution in [2.45, 2.75) is 0 Å². The van der Waals surface area contributed by atoms with Gasteiger partial charge in [0, 0.05) is 23.6 Å². The Balaban J connectivity index is 1.37. The van der Waals surface area contributed by atoms with Crippen LogP contribution < -0.4 is 16.2 Å². The van der Waals surface area contributed by atoms with E-state index in [0.717, 1.165) is 0 Å². The van der Waals surface area contributed by atoms with Gasteiger partial charge in [0.15, 0.2) is 5.76 Å². The van der Waals surface area contributed by atoms with Gasteiger partial charge in [0.1, 0.15) is 0 Å². The first kappa shape index (κ1) is 19.7. The number of carbonyl (C=O) groups excluding carboxylic acids is 3. The Hall–Kier alpha value is -4.59. The number of nitrogens with one attached hydrogen (secondary N) is 3. The fourth-order valence-electron chi connectivity index (χ4n) is 2.94. The van der Waals surface area contributed by atoms with Crippen LogP contribution in [0.5, 0.6) is 0 Å². The summed E-state index contributed by atoms with van der Waals surface area (Å²) in [5.41, 5.74) is 6.75. The van der Waals surface area contributed by atoms with Crippen molar-refractivity contribution in [1.82, 2.24) is 15.4 Å². The molecule has 2 aromatic heterocycles. The quantitative estimate of drug-likeness (QED) is 0.435. The summed E-state index contributed by atoms with van der Waals surface area (Å²) >= 11 is 0. The third-order valence-corrected chi connectivity index (χ3v) is 4.47. The number of aromatic nitrogens is 1. The van der Waals surface area contributed by atoms with Crippen molar-refractivity contribution in [1.29, 1.82) is 0 Å². The highest BCUT2D eigenvalue weighted by Gasteiger charge is 2.14. The Bertz CT molecular complexity index is 1200. The van der Waals surface area contributed by atoms with Crippen molar-refractivity contribution in [3.05, 3.63) is 108 Å². The molecule has 0 fully saturated rings. The summed E-state index contributed by atoms with van der Waals surface area (Å²) in [6, 6.07) is 20.2. The molecule has 0 saturated heterocycles. The molecule has 0 aliphatic carbocycles. The number of para-hydroxylation sites is 1. The van der Waals surface area contributed by atoms with Gasteiger partial charge in [-0.3, -0.25) is 25.2 Å². The standard InChI is InChI=1S/C23H18N4O4/c28-21(16-9-11-17(12-10-16)24-23(30)20-8-5-15-31-20)25-26-22(29)18-6-1-2-7-19(18)27-13-3-4-14-27/h1-15H,(H,24,30)(H,25,28)(H,26,29). The summed E-state index contributed by atoms with van der Waals surface area (Å²) in [7, 11) is 0. The van der Waals surface area contributed by atoms with Crippen LogP contribution in [0.3, 0.4) is 0 Å². The summed E-state index contributed by atoms with van der Waals surface area (Å²) in [5, 5.41) is 2.67. The molecule has 0 bridgehead atoms. The fraction of sp³-hybridized carbons (Fsp3) is 0. The minimum absolute atomic E-state index is 0.185. The van der Waals surface area contributed by atoms with E-state index in [1.165, 1.54) is 18.4 Å². The van der Waals surface area contributed by atoms with Gasteiger partial charge in [0.25, 0.3) is 17.7 Å². The van der Waals surface area contributed by atoms with Gasteiger partial charge in [-0.2, -0.15) is 0 Å². The Morgan fingerprint density at radius 1 is 0.710 bits per heavy atom. The smallest absolute Gasteiger partial charge is 0.291 e. The number of benzene rings is 2. The zero-order valence-electron chi connectivity index (χ0n) is 16.2. The van der Waals surface area contributed by atoms with Crippen LogP contribution >= 0.6 is 0 Å². The Labute approximate surface area is 177 Å². The molecule has 2 heterocycles. The number of nitrogens with zero attached hydrogens (tertiary/aromatic N) is 1. The lowest BCUT2D eigenvalue weighted by atomic mass is 10.1. The van der Waals surface area contributed by atoms with Crippen LogP contribution in [0.15, 0.2) is 95.9 Å². The summed E-state index contributed by atoms with van der Waals surface area (Å²) < 4.78 is 6.85. The average Bonchev–Trinajstić information content (AvgIpc) is 3.52. The summed E-state index contributed by atoms with van der Waals surface area (Å²) in [5.74, 6) is -1.14. The zero-order valence-corrected chi connectivity index (χ0v) is 16.2. The second-order valence-corrected chi connectivity index (χ2v) is 6.52. The number of anilines is 1. The maximum atomic E-state index is 12.6. The molecule has 31 heavy (non-hydrogen) atoms. The molecule has 0 saturated carbocycles. The van der Waals surface area contributed by atoms with Crippen molar-refractivity contribution in [2.75, 3.05) is 5.32 Å². The highest BCUT2D eigenvalue weighted by atomic mass is 16.3. The summed E-state index contributed by atoms with van der Waals surface area (Å²) in [6.45, 7) is 0. The Kier molecular flexibility index (Phi) is 5.62. The Morgan fingerprint density at radius 3 is 2.13 bits per heavy atom. The molecular formula is C23H18N4O4. The molecule has 0 aliphatic heterocycles. The summed E-state index contributed by atoms with van der Waals surface area (Å²) in [4.78, 5) is 37.0. The molecule has 8 heteroatoms. The molecule has 2 aromatic carbocycles. The number of amides is 3. The molecule has 0 unspecified atom stereocenters. The van der Waals surface area contributed by atoms with Gasteiger partial charge in [0.2, 0.25) is 0 Å². The van der Waals surface area contributed by atoms with Crippen LogP contribution in [0.4, 0.5) is 5.69 Å². The minimum atomic E-state index is -0.490. The van der Waals surface area contributed by atoms with E-state index >= 15 is 0 Å². The van der Waals surface area contributed by atoms with E-state index in [-0.39, 0.29) is 5.76 Å². The van der Waals surface area contributed by atoms with E-state index in [1.54, 1.807) is 36.4 Å². The van der Waals surface area contributed by atoms with Gasteiger partial charge in [-0.05, 0) is 60.7 Å². The lowest BCUT2D eigenvalue weighted by Crippen LogP contribution is -2.41. The molecule has 0 radical (unpaired) electrons. The molecule has 0 atom stereocenters. The highest BCUT2D eigenvalue weighted by Crippen LogP contribution is 2.15. The van der Waals surface area contributed by atoms with E-state index in [4.69, 9.17) is 4.42 Å². The van der Waals surface area contributed by atoms with Crippen LogP contribution in [0.1, 0.15) is 31.3 Å². The van der Waals surface area contributed by atoms with Crippen molar-refractivity contribution in [3.63, 3.8) is 0 Å². The topological polar surface area (TPSA) is 105 Å². The number of hydrogen-bond acceptors (Lipinski definition) is 4. The fourth-order valence-corrected chi connectivity index (χ4v) is 2.94. The normalized spacial score (nSPS) is 10.3. The van der Waals surface area contributed by atoms with Crippen LogP contribution in [-0.4, -0.2) is 22.3 Å². The first-order valence-electron chi connectivity index (χ1n) is 9.40. The van der Waals surface area contributed by atoms with Crippen molar-refractivity contribution >= 4 is 23.4 Å². The second kappa shape index (κ2) is 8.83. The molecule has 0 aliphatic rings. The minimum Gasteiger partial charge on any atom is -0.459 e. The molecule has 8 nitrogen and oxygen atoms in total. The lowest BCUT2D eigenvalue weighted by Gasteiger charge is -2.12. The van der Waals surface area contributed by atoms with Crippen LogP contribution in [0.2, 0.25) is 0 Å². The third kappa shape index (κ3) is 4.54. The second-order valence-electron chi connectivity index (χ2n) is 6.52. The van der Waals surface area contributed by atoms with Crippen LogP contribution in [0, 0.1) is 0 Å². The molecule has 4 aromatic rings. The highest BCUT2D eigenvalue weighted by molar-refractivity contribution is 6.03. The number of furan rings is 1. The van der Waals surface area contributed by atoms with Gasteiger partial charge in [-0.1, -0.05) is 12.1 Å². The van der Waals surface area contributed by atoms with Crippen molar-refractivity contribution < 1.29 is 18.8 Å². The van der Waals surface area contributed by atoms with Crippen LogP contribution in [0.25, 0.3) is 5.69 Å². The lowest BCUT2D eigenvalue weighted by molar-refractivity contribution is 0.0846. The molecule has 4 rings (SSSR count). The molecule has 3 N–H and O–H groups in total. The molecule has 154 valence electrons. The molecular weight excluding hydrogens is 396 g/mol. The van der Waals surface area contributed by atoms with Crippen molar-refractivity contribution in [3.8, 4) is 5.69 Å². The largest absolute Gasteiger partial charge is 0.459 e. The maximum absolute atomic E-state index is 12.6. The maximum Gasteiger partial charge on any atom is 0.291 e. The monoisotopic (exact) mass is 414 g/mol. The van der Waals surface area contributed by atoms with Gasteiger partial charge >= 0.3 is 0 Å². The number of carbonyl (C=O) groups is 3. The first-order chi connectivity index (χ1) is 15.1.